The van der Waals surface area contributed by atoms with Crippen molar-refractivity contribution in [2.24, 2.45) is 0 Å². The number of aromatic nitrogens is 6. The van der Waals surface area contributed by atoms with Crippen LogP contribution in [0.15, 0.2) is 30.6 Å². The molecule has 2 atom stereocenters. The van der Waals surface area contributed by atoms with Gasteiger partial charge in [0.15, 0.2) is 11.5 Å². The Morgan fingerprint density at radius 2 is 2.09 bits per heavy atom. The van der Waals surface area contributed by atoms with E-state index in [0.29, 0.717) is 42.2 Å². The van der Waals surface area contributed by atoms with Crippen molar-refractivity contribution in [1.82, 2.24) is 29.4 Å². The summed E-state index contributed by atoms with van der Waals surface area (Å²) < 4.78 is 23.2. The number of ether oxygens (including phenoxy) is 1. The van der Waals surface area contributed by atoms with Crippen molar-refractivity contribution in [3.8, 4) is 5.75 Å². The minimum absolute atomic E-state index is 0.210. The zero-order valence-corrected chi connectivity index (χ0v) is 18.8. The van der Waals surface area contributed by atoms with Crippen LogP contribution in [0, 0.1) is 0 Å². The van der Waals surface area contributed by atoms with Gasteiger partial charge in [0.1, 0.15) is 11.9 Å². The molecule has 0 aliphatic carbocycles. The highest BCUT2D eigenvalue weighted by atomic mass is 19.1. The fourth-order valence-corrected chi connectivity index (χ4v) is 4.36. The van der Waals surface area contributed by atoms with Gasteiger partial charge in [-0.1, -0.05) is 0 Å². The summed E-state index contributed by atoms with van der Waals surface area (Å²) in [5.41, 5.74) is 7.30. The summed E-state index contributed by atoms with van der Waals surface area (Å²) in [7, 11) is 1.59. The molecule has 1 aromatic carbocycles. The summed E-state index contributed by atoms with van der Waals surface area (Å²) in [6, 6.07) is 5.50. The molecule has 0 radical (unpaired) electrons. The number of nitrogen functional groups attached to an aromatic ring is 1. The summed E-state index contributed by atoms with van der Waals surface area (Å²) in [5, 5.41) is 19.7. The quantitative estimate of drug-likeness (QED) is 0.471. The molecular formula is C22H27FN8O2. The number of methoxy groups -OCH3 is 1. The molecule has 0 amide bonds. The first-order chi connectivity index (χ1) is 15.7. The van der Waals surface area contributed by atoms with Crippen molar-refractivity contribution in [1.29, 1.82) is 0 Å². The number of nitrogens with zero attached hydrogens (tertiary/aromatic N) is 7. The molecule has 4 aromatic rings. The van der Waals surface area contributed by atoms with Crippen molar-refractivity contribution in [2.45, 2.75) is 44.5 Å². The van der Waals surface area contributed by atoms with E-state index in [1.54, 1.807) is 37.9 Å². The zero-order chi connectivity index (χ0) is 23.3. The third kappa shape index (κ3) is 4.15. The van der Waals surface area contributed by atoms with Crippen LogP contribution in [0.4, 0.5) is 16.0 Å². The summed E-state index contributed by atoms with van der Waals surface area (Å²) in [5.74, 6) is 1.19. The lowest BCUT2D eigenvalue weighted by molar-refractivity contribution is 0.0577. The molecule has 33 heavy (non-hydrogen) atoms. The van der Waals surface area contributed by atoms with Crippen LogP contribution >= 0.6 is 0 Å². The first-order valence-electron chi connectivity index (χ1n) is 10.8. The molecule has 10 nitrogen and oxygen atoms in total. The van der Waals surface area contributed by atoms with Crippen LogP contribution in [0.25, 0.3) is 16.6 Å². The maximum Gasteiger partial charge on any atom is 0.223 e. The minimum Gasteiger partial charge on any atom is -0.497 e. The molecule has 5 rings (SSSR count). The molecule has 0 spiro atoms. The fraction of sp³-hybridized carbons (Fsp3) is 0.455. The molecule has 3 N–H and O–H groups in total. The molecule has 1 aliphatic rings. The standard InChI is InChI=1S/C22H27FN8O2/c1-22(2,32)12-30-11-15(8-25-30)29-9-13(6-14(23)10-29)19-27-20-17-5-4-16(33-3)7-18(17)26-21(24)31(20)28-19/h4-5,7-8,11,13-14,32H,6,9-10,12H2,1-3H3,(H2,24,26)/t13-,14+/m0/s1. The molecule has 0 bridgehead atoms. The van der Waals surface area contributed by atoms with Crippen LogP contribution in [0.1, 0.15) is 32.0 Å². The van der Waals surface area contributed by atoms with E-state index in [-0.39, 0.29) is 18.4 Å². The summed E-state index contributed by atoms with van der Waals surface area (Å²) in [6.45, 7) is 4.60. The van der Waals surface area contributed by atoms with E-state index in [4.69, 9.17) is 15.5 Å². The second kappa shape index (κ2) is 7.84. The van der Waals surface area contributed by atoms with Gasteiger partial charge in [-0.15, -0.1) is 5.10 Å². The van der Waals surface area contributed by atoms with E-state index < -0.39 is 11.8 Å². The number of rotatable bonds is 5. The maximum atomic E-state index is 14.8. The van der Waals surface area contributed by atoms with Gasteiger partial charge in [0, 0.05) is 36.7 Å². The summed E-state index contributed by atoms with van der Waals surface area (Å²) in [6.07, 6.45) is 2.81. The highest BCUT2D eigenvalue weighted by Crippen LogP contribution is 2.32. The lowest BCUT2D eigenvalue weighted by Gasteiger charge is -2.34. The molecule has 11 heteroatoms. The van der Waals surface area contributed by atoms with Crippen LogP contribution in [-0.4, -0.2) is 66.4 Å². The lowest BCUT2D eigenvalue weighted by atomic mass is 9.96. The lowest BCUT2D eigenvalue weighted by Crippen LogP contribution is -2.41. The number of alkyl halides is 1. The molecule has 174 valence electrons. The van der Waals surface area contributed by atoms with E-state index in [9.17, 15) is 9.50 Å². The van der Waals surface area contributed by atoms with Gasteiger partial charge in [-0.2, -0.15) is 9.61 Å². The number of nitrogens with two attached hydrogens (primary N) is 1. The number of benzene rings is 1. The van der Waals surface area contributed by atoms with Gasteiger partial charge < -0.3 is 20.5 Å². The number of aliphatic hydroxyl groups is 1. The number of hydrogen-bond acceptors (Lipinski definition) is 8. The van der Waals surface area contributed by atoms with Crippen molar-refractivity contribution in [3.05, 3.63) is 36.4 Å². The Morgan fingerprint density at radius 1 is 1.27 bits per heavy atom. The second-order valence-electron chi connectivity index (χ2n) is 9.20. The Balaban J connectivity index is 1.46. The Hall–Kier alpha value is -3.47. The molecule has 0 saturated carbocycles. The number of halogens is 1. The minimum atomic E-state index is -1.04. The average Bonchev–Trinajstić information content (AvgIpc) is 3.40. The molecular weight excluding hydrogens is 427 g/mol. The molecule has 0 unspecified atom stereocenters. The molecule has 1 fully saturated rings. The highest BCUT2D eigenvalue weighted by Gasteiger charge is 2.32. The van der Waals surface area contributed by atoms with Crippen LogP contribution in [0.3, 0.4) is 0 Å². The third-order valence-electron chi connectivity index (χ3n) is 5.82. The van der Waals surface area contributed by atoms with Gasteiger partial charge in [0.25, 0.3) is 0 Å². The molecule has 4 heterocycles. The van der Waals surface area contributed by atoms with E-state index >= 15 is 0 Å². The molecule has 1 aliphatic heterocycles. The van der Waals surface area contributed by atoms with E-state index in [0.717, 1.165) is 11.1 Å². The van der Waals surface area contributed by atoms with Gasteiger partial charge in [0.05, 0.1) is 36.7 Å². The van der Waals surface area contributed by atoms with Gasteiger partial charge in [-0.05, 0) is 32.4 Å². The Morgan fingerprint density at radius 3 is 2.85 bits per heavy atom. The van der Waals surface area contributed by atoms with Crippen molar-refractivity contribution >= 4 is 28.2 Å². The van der Waals surface area contributed by atoms with Crippen molar-refractivity contribution in [3.63, 3.8) is 0 Å². The predicted octanol–water partition coefficient (Wildman–Crippen LogP) is 2.17. The van der Waals surface area contributed by atoms with E-state index in [1.807, 2.05) is 23.2 Å². The van der Waals surface area contributed by atoms with Gasteiger partial charge >= 0.3 is 0 Å². The van der Waals surface area contributed by atoms with E-state index in [2.05, 4.69) is 15.2 Å². The Kier molecular flexibility index (Phi) is 5.08. The molecule has 3 aromatic heterocycles. The number of anilines is 2. The van der Waals surface area contributed by atoms with Crippen LogP contribution in [0.2, 0.25) is 0 Å². The topological polar surface area (TPSA) is 120 Å². The zero-order valence-electron chi connectivity index (χ0n) is 18.8. The first kappa shape index (κ1) is 21.4. The second-order valence-corrected chi connectivity index (χ2v) is 9.20. The van der Waals surface area contributed by atoms with E-state index in [1.165, 1.54) is 4.52 Å². The van der Waals surface area contributed by atoms with Crippen molar-refractivity contribution < 1.29 is 14.2 Å². The first-order valence-corrected chi connectivity index (χ1v) is 10.8. The van der Waals surface area contributed by atoms with Gasteiger partial charge in [-0.25, -0.2) is 14.4 Å². The fourth-order valence-electron chi connectivity index (χ4n) is 4.36. The average molecular weight is 455 g/mol. The Labute approximate surface area is 189 Å². The number of fused-ring (bicyclic) bond motifs is 3. The van der Waals surface area contributed by atoms with Crippen LogP contribution in [-0.2, 0) is 6.54 Å². The summed E-state index contributed by atoms with van der Waals surface area (Å²) in [4.78, 5) is 11.1. The maximum absolute atomic E-state index is 14.8. The normalized spacial score (nSPS) is 19.5. The number of hydrogen-bond donors (Lipinski definition) is 2. The smallest absolute Gasteiger partial charge is 0.223 e. The third-order valence-corrected chi connectivity index (χ3v) is 5.82. The Bertz CT molecular complexity index is 1310. The summed E-state index contributed by atoms with van der Waals surface area (Å²) >= 11 is 0. The van der Waals surface area contributed by atoms with Crippen LogP contribution < -0.4 is 15.4 Å². The van der Waals surface area contributed by atoms with Crippen molar-refractivity contribution in [2.75, 3.05) is 30.8 Å². The largest absolute Gasteiger partial charge is 0.497 e. The SMILES string of the molecule is COc1ccc2c(c1)nc(N)n1nc([C@H]3C[C@@H](F)CN(c4cnn(CC(C)(C)O)c4)C3)nc21. The highest BCUT2D eigenvalue weighted by molar-refractivity contribution is 5.93. The number of piperidine rings is 1. The predicted molar refractivity (Wildman–Crippen MR) is 122 cm³/mol. The van der Waals surface area contributed by atoms with Gasteiger partial charge in [-0.3, -0.25) is 4.68 Å². The molecule has 1 saturated heterocycles. The monoisotopic (exact) mass is 454 g/mol. The van der Waals surface area contributed by atoms with Gasteiger partial charge in [0.2, 0.25) is 5.95 Å². The van der Waals surface area contributed by atoms with Crippen LogP contribution in [0.5, 0.6) is 5.75 Å².